The summed E-state index contributed by atoms with van der Waals surface area (Å²) >= 11 is 0. The van der Waals surface area contributed by atoms with E-state index in [1.807, 2.05) is 0 Å². The average Bonchev–Trinajstić information content (AvgIpc) is 2.33. The van der Waals surface area contributed by atoms with Crippen LogP contribution in [0.15, 0.2) is 18.2 Å². The summed E-state index contributed by atoms with van der Waals surface area (Å²) in [6.45, 7) is 3.49. The molecule has 0 heterocycles. The van der Waals surface area contributed by atoms with Crippen LogP contribution in [-0.4, -0.2) is 29.6 Å². The van der Waals surface area contributed by atoms with Crippen LogP contribution >= 0.6 is 0 Å². The minimum absolute atomic E-state index is 0.127. The fourth-order valence-corrected chi connectivity index (χ4v) is 1.29. The first-order valence-corrected chi connectivity index (χ1v) is 5.48. The maximum Gasteiger partial charge on any atom is 0.332 e. The van der Waals surface area contributed by atoms with Crippen molar-refractivity contribution in [3.8, 4) is 5.75 Å². The molecular formula is C12H16N2O4. The molecule has 0 aromatic heterocycles. The molecular weight excluding hydrogens is 236 g/mol. The zero-order chi connectivity index (χ0) is 13.7. The molecule has 1 aromatic carbocycles. The second-order valence-electron chi connectivity index (χ2n) is 3.72. The van der Waals surface area contributed by atoms with Crippen LogP contribution in [-0.2, 0) is 14.3 Å². The lowest BCUT2D eigenvalue weighted by Crippen LogP contribution is -2.43. The summed E-state index contributed by atoms with van der Waals surface area (Å²) in [5, 5.41) is 11.8. The first-order chi connectivity index (χ1) is 8.45. The molecule has 1 unspecified atom stereocenters. The van der Waals surface area contributed by atoms with E-state index in [9.17, 15) is 14.7 Å². The number of esters is 1. The summed E-state index contributed by atoms with van der Waals surface area (Å²) in [7, 11) is 0. The maximum absolute atomic E-state index is 11.6. The van der Waals surface area contributed by atoms with E-state index in [-0.39, 0.29) is 12.4 Å². The van der Waals surface area contributed by atoms with Gasteiger partial charge in [-0.3, -0.25) is 4.79 Å². The molecule has 18 heavy (non-hydrogen) atoms. The number of carbonyl (C=O) groups excluding carboxylic acids is 2. The highest BCUT2D eigenvalue weighted by Crippen LogP contribution is 2.20. The minimum Gasteiger partial charge on any atom is -0.508 e. The van der Waals surface area contributed by atoms with Crippen LogP contribution in [0.4, 0.5) is 5.69 Å². The van der Waals surface area contributed by atoms with Crippen LogP contribution in [0.25, 0.3) is 0 Å². The number of aryl methyl sites for hydroxylation is 1. The fraction of sp³-hybridized carbons (Fsp3) is 0.333. The number of nitrogens with one attached hydrogen (secondary N) is 1. The van der Waals surface area contributed by atoms with Crippen LogP contribution in [0.3, 0.4) is 0 Å². The number of phenolic OH excluding ortho intramolecular Hbond substituents is 1. The molecule has 0 saturated heterocycles. The smallest absolute Gasteiger partial charge is 0.332 e. The molecule has 0 spiro atoms. The molecule has 0 aliphatic heterocycles. The quantitative estimate of drug-likeness (QED) is 0.412. The van der Waals surface area contributed by atoms with Crippen molar-refractivity contribution in [2.24, 2.45) is 5.73 Å². The van der Waals surface area contributed by atoms with Crippen molar-refractivity contribution in [3.05, 3.63) is 23.8 Å². The second-order valence-corrected chi connectivity index (χ2v) is 3.72. The van der Waals surface area contributed by atoms with Crippen LogP contribution in [0.1, 0.15) is 12.5 Å². The topological polar surface area (TPSA) is 102 Å². The van der Waals surface area contributed by atoms with E-state index in [4.69, 9.17) is 5.73 Å². The minimum atomic E-state index is -1.36. The van der Waals surface area contributed by atoms with E-state index in [1.165, 1.54) is 12.1 Å². The molecule has 6 nitrogen and oxygen atoms in total. The Morgan fingerprint density at radius 2 is 2.17 bits per heavy atom. The summed E-state index contributed by atoms with van der Waals surface area (Å²) in [4.78, 5) is 22.9. The van der Waals surface area contributed by atoms with Crippen molar-refractivity contribution >= 4 is 17.6 Å². The van der Waals surface area contributed by atoms with Crippen molar-refractivity contribution in [2.45, 2.75) is 19.9 Å². The molecule has 1 atom stereocenters. The highest BCUT2D eigenvalue weighted by Gasteiger charge is 2.23. The third kappa shape index (κ3) is 3.46. The van der Waals surface area contributed by atoms with Gasteiger partial charge in [-0.05, 0) is 37.6 Å². The first-order valence-electron chi connectivity index (χ1n) is 5.48. The van der Waals surface area contributed by atoms with Crippen molar-refractivity contribution in [3.63, 3.8) is 0 Å². The number of hydrogen-bond donors (Lipinski definition) is 3. The van der Waals surface area contributed by atoms with Gasteiger partial charge in [0, 0.05) is 5.69 Å². The molecule has 0 bridgehead atoms. The number of benzene rings is 1. The SMILES string of the molecule is CCOC(=O)C(N)C(=O)Nc1ccc(O)c(C)c1. The number of nitrogens with two attached hydrogens (primary N) is 1. The molecule has 0 radical (unpaired) electrons. The van der Waals surface area contributed by atoms with Crippen molar-refractivity contribution in [1.29, 1.82) is 0 Å². The Hall–Kier alpha value is -2.08. The number of anilines is 1. The number of aromatic hydroxyl groups is 1. The van der Waals surface area contributed by atoms with Crippen molar-refractivity contribution in [2.75, 3.05) is 11.9 Å². The van der Waals surface area contributed by atoms with Crippen molar-refractivity contribution in [1.82, 2.24) is 0 Å². The van der Waals surface area contributed by atoms with Crippen LogP contribution in [0.2, 0.25) is 0 Å². The third-order valence-electron chi connectivity index (χ3n) is 2.29. The standard InChI is InChI=1S/C12H16N2O4/c1-3-18-12(17)10(13)11(16)14-8-4-5-9(15)7(2)6-8/h4-6,10,15H,3,13H2,1-2H3,(H,14,16). The number of carbonyl (C=O) groups is 2. The summed E-state index contributed by atoms with van der Waals surface area (Å²) in [6, 6.07) is 3.17. The Morgan fingerprint density at radius 1 is 1.50 bits per heavy atom. The summed E-state index contributed by atoms with van der Waals surface area (Å²) in [6.07, 6.45) is 0. The van der Waals surface area contributed by atoms with E-state index >= 15 is 0 Å². The maximum atomic E-state index is 11.6. The molecule has 1 aromatic rings. The van der Waals surface area contributed by atoms with E-state index in [2.05, 4.69) is 10.1 Å². The fourth-order valence-electron chi connectivity index (χ4n) is 1.29. The van der Waals surface area contributed by atoms with Gasteiger partial charge >= 0.3 is 5.97 Å². The molecule has 0 aliphatic carbocycles. The van der Waals surface area contributed by atoms with E-state index in [0.29, 0.717) is 11.3 Å². The lowest BCUT2D eigenvalue weighted by molar-refractivity contribution is -0.146. The van der Waals surface area contributed by atoms with E-state index in [0.717, 1.165) is 0 Å². The van der Waals surface area contributed by atoms with Crippen molar-refractivity contribution < 1.29 is 19.4 Å². The van der Waals surface area contributed by atoms with Crippen LogP contribution in [0, 0.1) is 6.92 Å². The summed E-state index contributed by atoms with van der Waals surface area (Å²) < 4.78 is 4.64. The van der Waals surface area contributed by atoms with Gasteiger partial charge in [-0.1, -0.05) is 0 Å². The Labute approximate surface area is 105 Å². The Kier molecular flexibility index (Phi) is 4.67. The predicted octanol–water partition coefficient (Wildman–Crippen LogP) is 0.530. The zero-order valence-corrected chi connectivity index (χ0v) is 10.3. The van der Waals surface area contributed by atoms with Gasteiger partial charge in [0.15, 0.2) is 6.04 Å². The number of hydrogen-bond acceptors (Lipinski definition) is 5. The highest BCUT2D eigenvalue weighted by molar-refractivity contribution is 6.08. The number of rotatable bonds is 4. The molecule has 0 fully saturated rings. The van der Waals surface area contributed by atoms with Gasteiger partial charge in [-0.25, -0.2) is 4.79 Å². The van der Waals surface area contributed by atoms with Gasteiger partial charge in [0.05, 0.1) is 6.61 Å². The largest absolute Gasteiger partial charge is 0.508 e. The predicted molar refractivity (Wildman–Crippen MR) is 66.1 cm³/mol. The number of amides is 1. The van der Waals surface area contributed by atoms with E-state index < -0.39 is 17.9 Å². The van der Waals surface area contributed by atoms with Crippen LogP contribution < -0.4 is 11.1 Å². The lowest BCUT2D eigenvalue weighted by atomic mass is 10.2. The van der Waals surface area contributed by atoms with Gasteiger partial charge in [0.2, 0.25) is 0 Å². The number of ether oxygens (including phenoxy) is 1. The lowest BCUT2D eigenvalue weighted by Gasteiger charge is -2.11. The van der Waals surface area contributed by atoms with Gasteiger partial charge in [0.1, 0.15) is 5.75 Å². The zero-order valence-electron chi connectivity index (χ0n) is 10.3. The molecule has 6 heteroatoms. The molecule has 1 rings (SSSR count). The van der Waals surface area contributed by atoms with Crippen LogP contribution in [0.5, 0.6) is 5.75 Å². The Balaban J connectivity index is 2.69. The van der Waals surface area contributed by atoms with Gasteiger partial charge < -0.3 is 20.9 Å². The normalized spacial score (nSPS) is 11.7. The van der Waals surface area contributed by atoms with Gasteiger partial charge in [-0.15, -0.1) is 0 Å². The molecule has 0 aliphatic rings. The van der Waals surface area contributed by atoms with E-state index in [1.54, 1.807) is 19.9 Å². The molecule has 98 valence electrons. The molecule has 0 saturated carbocycles. The van der Waals surface area contributed by atoms with Gasteiger partial charge in [-0.2, -0.15) is 0 Å². The average molecular weight is 252 g/mol. The third-order valence-corrected chi connectivity index (χ3v) is 2.29. The number of phenols is 1. The second kappa shape index (κ2) is 6.02. The Morgan fingerprint density at radius 3 is 2.72 bits per heavy atom. The summed E-state index contributed by atoms with van der Waals surface area (Å²) in [5.74, 6) is -1.30. The monoisotopic (exact) mass is 252 g/mol. The summed E-state index contributed by atoms with van der Waals surface area (Å²) in [5.41, 5.74) is 6.49. The molecule has 1 amide bonds. The van der Waals surface area contributed by atoms with Gasteiger partial charge in [0.25, 0.3) is 5.91 Å². The highest BCUT2D eigenvalue weighted by atomic mass is 16.5. The first kappa shape index (κ1) is 14.0. The Bertz CT molecular complexity index is 459. The molecule has 4 N–H and O–H groups in total.